The first-order valence-electron chi connectivity index (χ1n) is 3.28. The maximum Gasteiger partial charge on any atom is 0.373 e. The fourth-order valence-corrected chi connectivity index (χ4v) is 0.309. The predicted octanol–water partition coefficient (Wildman–Crippen LogP) is -0.793. The molecule has 0 saturated heterocycles. The van der Waals surface area contributed by atoms with E-state index in [1.807, 2.05) is 0 Å². The minimum Gasteiger partial charge on any atom is -0.475 e. The number of carbonyl (C=O) groups excluding carboxylic acids is 1. The lowest BCUT2D eigenvalue weighted by atomic mass is 10.7. The van der Waals surface area contributed by atoms with Crippen molar-refractivity contribution in [1.82, 2.24) is 20.1 Å². The highest BCUT2D eigenvalue weighted by molar-refractivity contribution is 5.82. The maximum atomic E-state index is 9.93. The van der Waals surface area contributed by atoms with E-state index in [0.29, 0.717) is 0 Å². The molecule has 1 aromatic rings. The number of aromatic amines is 1. The van der Waals surface area contributed by atoms with Gasteiger partial charge in [0.2, 0.25) is 12.2 Å². The minimum absolute atomic E-state index is 0.134. The molecule has 1 aromatic heterocycles. The number of carbonyl (C=O) groups is 2. The van der Waals surface area contributed by atoms with Crippen LogP contribution < -0.4 is 0 Å². The number of carboxylic acids is 1. The van der Waals surface area contributed by atoms with Crippen LogP contribution in [0.2, 0.25) is 0 Å². The third-order valence-corrected chi connectivity index (χ3v) is 0.828. The molecule has 1 heterocycles. The van der Waals surface area contributed by atoms with Gasteiger partial charge < -0.3 is 10.0 Å². The van der Waals surface area contributed by atoms with E-state index in [1.54, 1.807) is 14.1 Å². The molecule has 13 heavy (non-hydrogen) atoms. The van der Waals surface area contributed by atoms with E-state index in [-0.39, 0.29) is 5.82 Å². The zero-order chi connectivity index (χ0) is 10.3. The summed E-state index contributed by atoms with van der Waals surface area (Å²) in [6.45, 7) is 0. The molecule has 1 amide bonds. The molecular formula is C6H10N4O3. The summed E-state index contributed by atoms with van der Waals surface area (Å²) in [6, 6.07) is 0. The van der Waals surface area contributed by atoms with Gasteiger partial charge in [-0.15, -0.1) is 0 Å². The second-order valence-electron chi connectivity index (χ2n) is 2.21. The number of nitrogens with zero attached hydrogens (tertiary/aromatic N) is 3. The number of hydrogen-bond donors (Lipinski definition) is 2. The highest BCUT2D eigenvalue weighted by atomic mass is 16.4. The van der Waals surface area contributed by atoms with Crippen LogP contribution in [-0.2, 0) is 4.79 Å². The van der Waals surface area contributed by atoms with Crippen LogP contribution in [0.15, 0.2) is 6.33 Å². The third-order valence-electron chi connectivity index (χ3n) is 0.828. The molecule has 0 aromatic carbocycles. The zero-order valence-corrected chi connectivity index (χ0v) is 7.26. The van der Waals surface area contributed by atoms with Crippen LogP contribution in [0, 0.1) is 0 Å². The Bertz CT molecular complexity index is 257. The predicted molar refractivity (Wildman–Crippen MR) is 43.1 cm³/mol. The number of H-pyrrole nitrogens is 1. The van der Waals surface area contributed by atoms with Crippen LogP contribution in [0.3, 0.4) is 0 Å². The Labute approximate surface area is 74.4 Å². The van der Waals surface area contributed by atoms with Gasteiger partial charge in [-0.05, 0) is 0 Å². The number of nitrogens with one attached hydrogen (secondary N) is 1. The van der Waals surface area contributed by atoms with Crippen LogP contribution in [0.4, 0.5) is 0 Å². The van der Waals surface area contributed by atoms with Gasteiger partial charge in [0.05, 0.1) is 0 Å². The molecule has 0 fully saturated rings. The number of carboxylic acid groups (broad SMARTS) is 1. The van der Waals surface area contributed by atoms with Gasteiger partial charge in [-0.2, -0.15) is 5.10 Å². The molecule has 72 valence electrons. The minimum atomic E-state index is -1.09. The molecule has 1 rings (SSSR count). The van der Waals surface area contributed by atoms with E-state index in [2.05, 4.69) is 15.2 Å². The Kier molecular flexibility index (Phi) is 4.85. The smallest absolute Gasteiger partial charge is 0.373 e. The van der Waals surface area contributed by atoms with Crippen molar-refractivity contribution in [3.8, 4) is 0 Å². The first-order chi connectivity index (χ1) is 6.07. The monoisotopic (exact) mass is 186 g/mol. The molecule has 0 atom stereocenters. The van der Waals surface area contributed by atoms with E-state index in [1.165, 1.54) is 4.90 Å². The first-order valence-corrected chi connectivity index (χ1v) is 3.28. The summed E-state index contributed by atoms with van der Waals surface area (Å²) in [7, 11) is 3.38. The summed E-state index contributed by atoms with van der Waals surface area (Å²) in [6.07, 6.45) is 1.89. The molecule has 0 spiro atoms. The Balaban J connectivity index is 0.000000252. The lowest BCUT2D eigenvalue weighted by molar-refractivity contribution is -0.115. The molecule has 0 saturated carbocycles. The highest BCUT2D eigenvalue weighted by Gasteiger charge is 2.01. The second-order valence-corrected chi connectivity index (χ2v) is 2.21. The summed E-state index contributed by atoms with van der Waals surface area (Å²) in [4.78, 5) is 24.2. The molecule has 7 nitrogen and oxygen atoms in total. The van der Waals surface area contributed by atoms with Crippen LogP contribution in [-0.4, -0.2) is 51.7 Å². The van der Waals surface area contributed by atoms with Gasteiger partial charge in [0.25, 0.3) is 0 Å². The van der Waals surface area contributed by atoms with Gasteiger partial charge in [-0.25, -0.2) is 9.78 Å². The third kappa shape index (κ3) is 5.36. The first kappa shape index (κ1) is 11.1. The van der Waals surface area contributed by atoms with Gasteiger partial charge >= 0.3 is 5.97 Å². The molecule has 2 N–H and O–H groups in total. The van der Waals surface area contributed by atoms with Gasteiger partial charge in [-0.1, -0.05) is 0 Å². The Morgan fingerprint density at radius 2 is 2.23 bits per heavy atom. The van der Waals surface area contributed by atoms with Gasteiger partial charge in [0.1, 0.15) is 6.33 Å². The molecular weight excluding hydrogens is 176 g/mol. The molecule has 0 aliphatic rings. The average Bonchev–Trinajstić information content (AvgIpc) is 2.57. The van der Waals surface area contributed by atoms with Crippen molar-refractivity contribution in [1.29, 1.82) is 0 Å². The van der Waals surface area contributed by atoms with Crippen LogP contribution in [0.25, 0.3) is 0 Å². The van der Waals surface area contributed by atoms with Crippen LogP contribution in [0.1, 0.15) is 10.6 Å². The summed E-state index contributed by atoms with van der Waals surface area (Å²) < 4.78 is 0. The lowest BCUT2D eigenvalue weighted by Crippen LogP contribution is -2.06. The summed E-state index contributed by atoms with van der Waals surface area (Å²) in [5.41, 5.74) is 0. The van der Waals surface area contributed by atoms with E-state index in [4.69, 9.17) is 5.11 Å². The molecule has 0 radical (unpaired) electrons. The van der Waals surface area contributed by atoms with Crippen LogP contribution in [0.5, 0.6) is 0 Å². The average molecular weight is 186 g/mol. The molecule has 7 heteroatoms. The largest absolute Gasteiger partial charge is 0.475 e. The molecule has 0 unspecified atom stereocenters. The van der Waals surface area contributed by atoms with Crippen molar-refractivity contribution in [2.75, 3.05) is 14.1 Å². The van der Waals surface area contributed by atoms with Crippen LogP contribution >= 0.6 is 0 Å². The summed E-state index contributed by atoms with van der Waals surface area (Å²) >= 11 is 0. The number of rotatable bonds is 2. The Morgan fingerprint density at radius 3 is 2.38 bits per heavy atom. The lowest BCUT2D eigenvalue weighted by Gasteiger charge is -1.93. The van der Waals surface area contributed by atoms with Gasteiger partial charge in [0.15, 0.2) is 0 Å². The number of aromatic carboxylic acids is 1. The number of hydrogen-bond acceptors (Lipinski definition) is 4. The van der Waals surface area contributed by atoms with Crippen molar-refractivity contribution in [3.63, 3.8) is 0 Å². The molecule has 0 aliphatic heterocycles. The second kappa shape index (κ2) is 5.70. The summed E-state index contributed by atoms with van der Waals surface area (Å²) in [5.74, 6) is -1.23. The molecule has 0 aliphatic carbocycles. The molecule has 0 bridgehead atoms. The van der Waals surface area contributed by atoms with Crippen molar-refractivity contribution >= 4 is 12.4 Å². The zero-order valence-electron chi connectivity index (χ0n) is 7.26. The van der Waals surface area contributed by atoms with Gasteiger partial charge in [0, 0.05) is 14.1 Å². The maximum absolute atomic E-state index is 9.93. The Morgan fingerprint density at radius 1 is 1.69 bits per heavy atom. The van der Waals surface area contributed by atoms with E-state index in [9.17, 15) is 9.59 Å². The van der Waals surface area contributed by atoms with Gasteiger partial charge in [-0.3, -0.25) is 9.89 Å². The standard InChI is InChI=1S/C3H3N3O2.C3H7NO/c7-3(8)2-4-1-5-6-2;1-4(2)3-5/h1H,(H,7,8)(H,4,5,6);3H,1-2H3. The quantitative estimate of drug-likeness (QED) is 0.589. The SMILES string of the molecule is CN(C)C=O.O=C(O)c1ncn[nH]1. The highest BCUT2D eigenvalue weighted by Crippen LogP contribution is 1.80. The van der Waals surface area contributed by atoms with Crippen molar-refractivity contribution in [2.45, 2.75) is 0 Å². The number of amides is 1. The topological polar surface area (TPSA) is 99.2 Å². The van der Waals surface area contributed by atoms with Crippen molar-refractivity contribution in [3.05, 3.63) is 12.2 Å². The fourth-order valence-electron chi connectivity index (χ4n) is 0.309. The van der Waals surface area contributed by atoms with Crippen molar-refractivity contribution in [2.24, 2.45) is 0 Å². The van der Waals surface area contributed by atoms with E-state index in [0.717, 1.165) is 12.7 Å². The Hall–Kier alpha value is -1.92. The van der Waals surface area contributed by atoms with Crippen molar-refractivity contribution < 1.29 is 14.7 Å². The van der Waals surface area contributed by atoms with E-state index < -0.39 is 5.97 Å². The normalized spacial score (nSPS) is 8.15. The summed E-state index contributed by atoms with van der Waals surface area (Å²) in [5, 5.41) is 13.6. The number of aromatic nitrogens is 3. The fraction of sp³-hybridized carbons (Fsp3) is 0.333. The van der Waals surface area contributed by atoms with E-state index >= 15 is 0 Å².